The highest BCUT2D eigenvalue weighted by Crippen LogP contribution is 2.30. The second-order valence-electron chi connectivity index (χ2n) is 9.62. The van der Waals surface area contributed by atoms with Crippen LogP contribution in [0.5, 0.6) is 0 Å². The molecule has 1 unspecified atom stereocenters. The Hall–Kier alpha value is -3.68. The highest BCUT2D eigenvalue weighted by Gasteiger charge is 2.29. The van der Waals surface area contributed by atoms with E-state index in [1.807, 2.05) is 46.0 Å². The van der Waals surface area contributed by atoms with Gasteiger partial charge < -0.3 is 25.6 Å². The third kappa shape index (κ3) is 4.33. The third-order valence-electron chi connectivity index (χ3n) is 5.96. The molecule has 0 bridgehead atoms. The van der Waals surface area contributed by atoms with Crippen LogP contribution >= 0.6 is 0 Å². The first-order valence-corrected chi connectivity index (χ1v) is 11.3. The number of carbonyl (C=O) groups excluding carboxylic acids is 1. The third-order valence-corrected chi connectivity index (χ3v) is 5.96. The first-order chi connectivity index (χ1) is 15.8. The number of aromatic nitrogens is 2. The standard InChI is InChI=1S/C25H30N6O2/c1-15-18-13-17(5-6-21(18)30-29-15)27-20-7-10-26-23-19(20)14-22(28-23)16-8-11-31(12-9-16)24(32)33-25(2,3)4/h5-8,10,13-14,23,26-28H,9,11-12H2,1-4H3,(H,29,30). The van der Waals surface area contributed by atoms with E-state index in [1.165, 1.54) is 5.57 Å². The summed E-state index contributed by atoms with van der Waals surface area (Å²) in [5.41, 5.74) is 7.07. The fourth-order valence-corrected chi connectivity index (χ4v) is 4.28. The van der Waals surface area contributed by atoms with Gasteiger partial charge in [-0.1, -0.05) is 6.08 Å². The fourth-order valence-electron chi connectivity index (χ4n) is 4.28. The number of hydrogen-bond acceptors (Lipinski definition) is 6. The Labute approximate surface area is 193 Å². The number of anilines is 1. The van der Waals surface area contributed by atoms with Crippen LogP contribution in [0.25, 0.3) is 10.9 Å². The summed E-state index contributed by atoms with van der Waals surface area (Å²) in [7, 11) is 0. The molecule has 0 radical (unpaired) electrons. The monoisotopic (exact) mass is 446 g/mol. The van der Waals surface area contributed by atoms with Gasteiger partial charge in [0.05, 0.1) is 5.52 Å². The number of dihydropyridines is 1. The van der Waals surface area contributed by atoms with Crippen LogP contribution in [-0.2, 0) is 4.74 Å². The van der Waals surface area contributed by atoms with Gasteiger partial charge in [0.15, 0.2) is 0 Å². The van der Waals surface area contributed by atoms with Crippen LogP contribution < -0.4 is 16.0 Å². The lowest BCUT2D eigenvalue weighted by molar-refractivity contribution is 0.0266. The number of aryl methyl sites for hydroxylation is 1. The molecule has 1 aromatic heterocycles. The van der Waals surface area contributed by atoms with Crippen molar-refractivity contribution in [3.8, 4) is 0 Å². The van der Waals surface area contributed by atoms with Crippen molar-refractivity contribution in [2.75, 3.05) is 18.4 Å². The van der Waals surface area contributed by atoms with Gasteiger partial charge in [0.1, 0.15) is 11.8 Å². The number of fused-ring (bicyclic) bond motifs is 2. The van der Waals surface area contributed by atoms with E-state index in [0.717, 1.165) is 45.7 Å². The van der Waals surface area contributed by atoms with Gasteiger partial charge in [0.25, 0.3) is 0 Å². The number of allylic oxidation sites excluding steroid dienone is 2. The van der Waals surface area contributed by atoms with Gasteiger partial charge >= 0.3 is 6.09 Å². The Morgan fingerprint density at radius 3 is 2.91 bits per heavy atom. The molecular formula is C25H30N6O2. The largest absolute Gasteiger partial charge is 0.444 e. The van der Waals surface area contributed by atoms with E-state index in [1.54, 1.807) is 4.90 Å². The molecule has 0 saturated heterocycles. The van der Waals surface area contributed by atoms with Gasteiger partial charge in [0.2, 0.25) is 0 Å². The minimum Gasteiger partial charge on any atom is -0.444 e. The van der Waals surface area contributed by atoms with Crippen molar-refractivity contribution in [2.45, 2.75) is 45.9 Å². The normalized spacial score (nSPS) is 20.1. The highest BCUT2D eigenvalue weighted by atomic mass is 16.6. The van der Waals surface area contributed by atoms with Crippen molar-refractivity contribution >= 4 is 22.7 Å². The van der Waals surface area contributed by atoms with E-state index in [0.29, 0.717) is 13.1 Å². The number of amides is 1. The van der Waals surface area contributed by atoms with Crippen LogP contribution in [0.4, 0.5) is 10.5 Å². The molecule has 0 saturated carbocycles. The smallest absolute Gasteiger partial charge is 0.410 e. The maximum Gasteiger partial charge on any atom is 0.410 e. The van der Waals surface area contributed by atoms with Crippen molar-refractivity contribution < 1.29 is 9.53 Å². The van der Waals surface area contributed by atoms with Crippen molar-refractivity contribution in [1.82, 2.24) is 25.7 Å². The zero-order valence-electron chi connectivity index (χ0n) is 19.5. The average Bonchev–Trinajstić information content (AvgIpc) is 3.37. The van der Waals surface area contributed by atoms with Gasteiger partial charge in [-0.25, -0.2) is 4.79 Å². The second-order valence-corrected chi connectivity index (χ2v) is 9.62. The Balaban J connectivity index is 1.34. The predicted molar refractivity (Wildman–Crippen MR) is 129 cm³/mol. The summed E-state index contributed by atoms with van der Waals surface area (Å²) in [6.45, 7) is 8.89. The summed E-state index contributed by atoms with van der Waals surface area (Å²) < 4.78 is 5.50. The highest BCUT2D eigenvalue weighted by molar-refractivity contribution is 5.85. The van der Waals surface area contributed by atoms with E-state index in [9.17, 15) is 4.79 Å². The van der Waals surface area contributed by atoms with Crippen LogP contribution in [0.2, 0.25) is 0 Å². The molecule has 1 amide bonds. The minimum atomic E-state index is -0.484. The molecule has 3 aliphatic rings. The summed E-state index contributed by atoms with van der Waals surface area (Å²) in [5, 5.41) is 19.0. The Morgan fingerprint density at radius 2 is 2.15 bits per heavy atom. The number of aromatic amines is 1. The van der Waals surface area contributed by atoms with Crippen molar-refractivity contribution in [1.29, 1.82) is 0 Å². The van der Waals surface area contributed by atoms with Gasteiger partial charge in [-0.3, -0.25) is 5.10 Å². The number of nitrogens with one attached hydrogen (secondary N) is 4. The molecule has 2 aromatic rings. The molecule has 5 rings (SSSR count). The van der Waals surface area contributed by atoms with Gasteiger partial charge in [0, 0.05) is 53.0 Å². The molecule has 0 spiro atoms. The van der Waals surface area contributed by atoms with E-state index in [2.05, 4.69) is 50.4 Å². The number of carbonyl (C=O) groups is 1. The molecule has 172 valence electrons. The van der Waals surface area contributed by atoms with Crippen molar-refractivity contribution in [3.05, 3.63) is 70.9 Å². The zero-order valence-corrected chi connectivity index (χ0v) is 19.5. The fraction of sp³-hybridized carbons (Fsp3) is 0.360. The summed E-state index contributed by atoms with van der Waals surface area (Å²) in [6.07, 6.45) is 8.85. The Morgan fingerprint density at radius 1 is 1.30 bits per heavy atom. The molecule has 1 atom stereocenters. The topological polar surface area (TPSA) is 94.3 Å². The van der Waals surface area contributed by atoms with E-state index >= 15 is 0 Å². The molecule has 4 heterocycles. The van der Waals surface area contributed by atoms with E-state index in [4.69, 9.17) is 4.74 Å². The summed E-state index contributed by atoms with van der Waals surface area (Å²) in [6, 6.07) is 6.18. The summed E-state index contributed by atoms with van der Waals surface area (Å²) in [4.78, 5) is 14.1. The number of nitrogens with zero attached hydrogens (tertiary/aromatic N) is 2. The van der Waals surface area contributed by atoms with Gasteiger partial charge in [-0.2, -0.15) is 5.10 Å². The number of H-pyrrole nitrogens is 1. The number of rotatable bonds is 3. The van der Waals surface area contributed by atoms with Gasteiger partial charge in [-0.15, -0.1) is 0 Å². The molecule has 33 heavy (non-hydrogen) atoms. The number of ether oxygens (including phenoxy) is 1. The number of hydrogen-bond donors (Lipinski definition) is 4. The Bertz CT molecular complexity index is 1230. The Kier molecular flexibility index (Phi) is 5.15. The predicted octanol–water partition coefficient (Wildman–Crippen LogP) is 4.03. The van der Waals surface area contributed by atoms with Gasteiger partial charge in [-0.05, 0) is 70.0 Å². The first kappa shape index (κ1) is 21.2. The maximum atomic E-state index is 12.4. The van der Waals surface area contributed by atoms with Crippen LogP contribution in [-0.4, -0.2) is 46.0 Å². The molecule has 3 aliphatic heterocycles. The lowest BCUT2D eigenvalue weighted by Gasteiger charge is -2.30. The average molecular weight is 447 g/mol. The zero-order chi connectivity index (χ0) is 23.2. The van der Waals surface area contributed by atoms with Crippen molar-refractivity contribution in [2.24, 2.45) is 0 Å². The van der Waals surface area contributed by atoms with Crippen LogP contribution in [0.3, 0.4) is 0 Å². The quantitative estimate of drug-likeness (QED) is 0.569. The lowest BCUT2D eigenvalue weighted by atomic mass is 10.0. The van der Waals surface area contributed by atoms with Crippen LogP contribution in [0.15, 0.2) is 65.2 Å². The minimum absolute atomic E-state index is 0.0108. The van der Waals surface area contributed by atoms with Crippen LogP contribution in [0.1, 0.15) is 32.9 Å². The van der Waals surface area contributed by atoms with E-state index in [-0.39, 0.29) is 12.3 Å². The molecule has 4 N–H and O–H groups in total. The molecule has 0 aliphatic carbocycles. The SMILES string of the molecule is Cc1[nH]nc2ccc(NC3=C4C=C(C5=CCN(C(=O)OC(C)(C)C)CC5)NC4NC=C3)cc12. The molecule has 8 nitrogen and oxygen atoms in total. The van der Waals surface area contributed by atoms with E-state index < -0.39 is 5.60 Å². The second kappa shape index (κ2) is 8.03. The molecule has 1 aromatic carbocycles. The van der Waals surface area contributed by atoms with Crippen LogP contribution in [0, 0.1) is 6.92 Å². The summed E-state index contributed by atoms with van der Waals surface area (Å²) >= 11 is 0. The molecular weight excluding hydrogens is 416 g/mol. The molecule has 8 heteroatoms. The van der Waals surface area contributed by atoms with Crippen molar-refractivity contribution in [3.63, 3.8) is 0 Å². The number of benzene rings is 1. The maximum absolute atomic E-state index is 12.4. The lowest BCUT2D eigenvalue weighted by Crippen LogP contribution is -2.41. The summed E-state index contributed by atoms with van der Waals surface area (Å²) in [5.74, 6) is 0. The first-order valence-electron chi connectivity index (χ1n) is 11.3. The molecule has 0 fully saturated rings.